The Morgan fingerprint density at radius 3 is 2.58 bits per heavy atom. The number of alkyl carbamates (subject to hydrolysis) is 1. The van der Waals surface area contributed by atoms with E-state index in [9.17, 15) is 9.59 Å². The molecule has 2 aromatic rings. The lowest BCUT2D eigenvalue weighted by molar-refractivity contribution is 0.0827. The first-order valence-electron chi connectivity index (χ1n) is 8.31. The maximum atomic E-state index is 11.9. The van der Waals surface area contributed by atoms with Crippen LogP contribution in [0.3, 0.4) is 0 Å². The first-order chi connectivity index (χ1) is 12.6. The van der Waals surface area contributed by atoms with Crippen molar-refractivity contribution in [2.24, 2.45) is 0 Å². The Hall–Kier alpha value is -3.26. The van der Waals surface area contributed by atoms with Gasteiger partial charge in [-0.15, -0.1) is 0 Å². The van der Waals surface area contributed by atoms with E-state index in [1.165, 1.54) is 4.90 Å². The fraction of sp³-hybridized carbons (Fsp3) is 0.238. The van der Waals surface area contributed by atoms with E-state index in [-0.39, 0.29) is 12.5 Å². The van der Waals surface area contributed by atoms with Crippen LogP contribution >= 0.6 is 0 Å². The van der Waals surface area contributed by atoms with Gasteiger partial charge in [-0.2, -0.15) is 0 Å². The summed E-state index contributed by atoms with van der Waals surface area (Å²) in [6, 6.07) is 16.7. The van der Waals surface area contributed by atoms with Gasteiger partial charge in [-0.25, -0.2) is 4.79 Å². The second-order valence-corrected chi connectivity index (χ2v) is 5.82. The predicted octanol–water partition coefficient (Wildman–Crippen LogP) is 3.06. The predicted molar refractivity (Wildman–Crippen MR) is 101 cm³/mol. The van der Waals surface area contributed by atoms with Crippen LogP contribution in [0.25, 0.3) is 0 Å². The van der Waals surface area contributed by atoms with Crippen molar-refractivity contribution in [1.29, 1.82) is 0 Å². The van der Waals surface area contributed by atoms with Gasteiger partial charge in [0.05, 0.1) is 0 Å². The van der Waals surface area contributed by atoms with Crippen molar-refractivity contribution in [3.8, 4) is 11.8 Å². The molecule has 0 aromatic heterocycles. The summed E-state index contributed by atoms with van der Waals surface area (Å²) >= 11 is 0. The number of amides is 2. The van der Waals surface area contributed by atoms with Gasteiger partial charge in [-0.3, -0.25) is 4.79 Å². The molecule has 0 saturated carbocycles. The summed E-state index contributed by atoms with van der Waals surface area (Å²) < 4.78 is 5.12. The van der Waals surface area contributed by atoms with Crippen LogP contribution in [0.4, 0.5) is 4.79 Å². The monoisotopic (exact) mass is 350 g/mol. The van der Waals surface area contributed by atoms with E-state index in [0.29, 0.717) is 18.5 Å². The molecule has 0 aliphatic rings. The number of nitrogens with one attached hydrogen (secondary N) is 1. The highest BCUT2D eigenvalue weighted by atomic mass is 16.5. The minimum atomic E-state index is -0.464. The Bertz CT molecular complexity index is 805. The fourth-order valence-electron chi connectivity index (χ4n) is 2.15. The topological polar surface area (TPSA) is 58.6 Å². The standard InChI is InChI=1S/C21H22N2O3/c1-23(2)20(24)19-13-8-12-17(15-19)9-6-7-14-22-21(25)26-16-18-10-4-3-5-11-18/h3-5,8,10-13,15H,7,14,16H2,1-2H3,(H,22,25). The molecule has 134 valence electrons. The number of benzene rings is 2. The first-order valence-corrected chi connectivity index (χ1v) is 8.31. The van der Waals surface area contributed by atoms with E-state index in [0.717, 1.165) is 11.1 Å². The minimum absolute atomic E-state index is 0.0588. The molecule has 0 aliphatic carbocycles. The lowest BCUT2D eigenvalue weighted by Crippen LogP contribution is -2.24. The molecule has 0 bridgehead atoms. The molecule has 0 spiro atoms. The number of carbonyl (C=O) groups excluding carboxylic acids is 2. The fourth-order valence-corrected chi connectivity index (χ4v) is 2.15. The summed E-state index contributed by atoms with van der Waals surface area (Å²) in [6.07, 6.45) is 0.0287. The van der Waals surface area contributed by atoms with Gasteiger partial charge < -0.3 is 15.0 Å². The van der Waals surface area contributed by atoms with Gasteiger partial charge in [0, 0.05) is 38.2 Å². The van der Waals surface area contributed by atoms with Crippen LogP contribution in [-0.2, 0) is 11.3 Å². The van der Waals surface area contributed by atoms with Crippen LogP contribution < -0.4 is 5.32 Å². The number of carbonyl (C=O) groups is 2. The maximum Gasteiger partial charge on any atom is 0.407 e. The molecule has 0 saturated heterocycles. The highest BCUT2D eigenvalue weighted by Gasteiger charge is 2.07. The van der Waals surface area contributed by atoms with Gasteiger partial charge in [0.2, 0.25) is 0 Å². The van der Waals surface area contributed by atoms with Crippen LogP contribution in [0.15, 0.2) is 54.6 Å². The molecule has 2 amide bonds. The molecule has 2 rings (SSSR count). The molecular formula is C21H22N2O3. The maximum absolute atomic E-state index is 11.9. The number of nitrogens with zero attached hydrogens (tertiary/aromatic N) is 1. The summed E-state index contributed by atoms with van der Waals surface area (Å²) in [5.74, 6) is 5.92. The van der Waals surface area contributed by atoms with E-state index < -0.39 is 6.09 Å². The molecule has 0 unspecified atom stereocenters. The van der Waals surface area contributed by atoms with Crippen molar-refractivity contribution in [3.05, 3.63) is 71.3 Å². The van der Waals surface area contributed by atoms with E-state index in [4.69, 9.17) is 4.74 Å². The molecule has 5 heteroatoms. The third-order valence-corrected chi connectivity index (χ3v) is 3.48. The molecular weight excluding hydrogens is 328 g/mol. The van der Waals surface area contributed by atoms with Gasteiger partial charge in [0.25, 0.3) is 5.91 Å². The minimum Gasteiger partial charge on any atom is -0.445 e. The Kier molecular flexibility index (Phi) is 7.26. The third-order valence-electron chi connectivity index (χ3n) is 3.48. The van der Waals surface area contributed by atoms with Crippen molar-refractivity contribution in [2.75, 3.05) is 20.6 Å². The largest absolute Gasteiger partial charge is 0.445 e. The molecule has 0 fully saturated rings. The summed E-state index contributed by atoms with van der Waals surface area (Å²) in [5, 5.41) is 2.66. The Morgan fingerprint density at radius 1 is 1.08 bits per heavy atom. The SMILES string of the molecule is CN(C)C(=O)c1cccc(C#CCCNC(=O)OCc2ccccc2)c1. The third kappa shape index (κ3) is 6.33. The molecule has 2 aromatic carbocycles. The van der Waals surface area contributed by atoms with Crippen LogP contribution in [0, 0.1) is 11.8 Å². The quantitative estimate of drug-likeness (QED) is 0.666. The van der Waals surface area contributed by atoms with Crippen molar-refractivity contribution >= 4 is 12.0 Å². The molecule has 26 heavy (non-hydrogen) atoms. The number of rotatable bonds is 5. The van der Waals surface area contributed by atoms with Crippen LogP contribution in [0.2, 0.25) is 0 Å². The van der Waals surface area contributed by atoms with Crippen molar-refractivity contribution in [1.82, 2.24) is 10.2 Å². The van der Waals surface area contributed by atoms with E-state index in [1.54, 1.807) is 32.3 Å². The molecule has 0 heterocycles. The van der Waals surface area contributed by atoms with Crippen molar-refractivity contribution in [3.63, 3.8) is 0 Å². The van der Waals surface area contributed by atoms with Crippen molar-refractivity contribution in [2.45, 2.75) is 13.0 Å². The highest BCUT2D eigenvalue weighted by molar-refractivity contribution is 5.94. The van der Waals surface area contributed by atoms with E-state index in [2.05, 4.69) is 17.2 Å². The second-order valence-electron chi connectivity index (χ2n) is 5.82. The zero-order valence-electron chi connectivity index (χ0n) is 15.0. The average Bonchev–Trinajstić information content (AvgIpc) is 2.66. The van der Waals surface area contributed by atoms with Gasteiger partial charge in [-0.05, 0) is 23.8 Å². The Balaban J connectivity index is 1.74. The van der Waals surface area contributed by atoms with Crippen LogP contribution in [0.5, 0.6) is 0 Å². The highest BCUT2D eigenvalue weighted by Crippen LogP contribution is 2.06. The summed E-state index contributed by atoms with van der Waals surface area (Å²) in [7, 11) is 3.42. The van der Waals surface area contributed by atoms with E-state index in [1.807, 2.05) is 36.4 Å². The Labute approximate surface area is 154 Å². The van der Waals surface area contributed by atoms with Gasteiger partial charge >= 0.3 is 6.09 Å². The van der Waals surface area contributed by atoms with Gasteiger partial charge in [-0.1, -0.05) is 48.2 Å². The summed E-state index contributed by atoms with van der Waals surface area (Å²) in [6.45, 7) is 0.641. The summed E-state index contributed by atoms with van der Waals surface area (Å²) in [4.78, 5) is 25.1. The normalized spacial score (nSPS) is 9.62. The number of ether oxygens (including phenoxy) is 1. The van der Waals surface area contributed by atoms with E-state index >= 15 is 0 Å². The molecule has 1 N–H and O–H groups in total. The first kappa shape index (κ1) is 19.1. The Morgan fingerprint density at radius 2 is 1.85 bits per heavy atom. The molecule has 0 aliphatic heterocycles. The van der Waals surface area contributed by atoms with Gasteiger partial charge in [0.15, 0.2) is 0 Å². The van der Waals surface area contributed by atoms with Crippen molar-refractivity contribution < 1.29 is 14.3 Å². The molecule has 0 atom stereocenters. The van der Waals surface area contributed by atoms with Gasteiger partial charge in [0.1, 0.15) is 6.61 Å². The number of hydrogen-bond acceptors (Lipinski definition) is 3. The zero-order valence-corrected chi connectivity index (χ0v) is 15.0. The number of hydrogen-bond donors (Lipinski definition) is 1. The van der Waals surface area contributed by atoms with Crippen LogP contribution in [0.1, 0.15) is 27.9 Å². The lowest BCUT2D eigenvalue weighted by Gasteiger charge is -2.09. The molecule has 0 radical (unpaired) electrons. The zero-order chi connectivity index (χ0) is 18.8. The van der Waals surface area contributed by atoms with Crippen LogP contribution in [-0.4, -0.2) is 37.5 Å². The summed E-state index contributed by atoms with van der Waals surface area (Å²) in [5.41, 5.74) is 2.31. The average molecular weight is 350 g/mol. The molecule has 5 nitrogen and oxygen atoms in total. The second kappa shape index (κ2) is 9.90. The lowest BCUT2D eigenvalue weighted by atomic mass is 10.1. The smallest absolute Gasteiger partial charge is 0.407 e.